The van der Waals surface area contributed by atoms with Crippen LogP contribution in [0.1, 0.15) is 34.8 Å². The molecule has 1 saturated heterocycles. The SMILES string of the molecule is COc1ccc(C2OC(CO)CC(O)C2O)cc1Cc1ccc(C)cc1. The summed E-state index contributed by atoms with van der Waals surface area (Å²) in [5, 5.41) is 29.8. The van der Waals surface area contributed by atoms with Crippen molar-refractivity contribution in [2.45, 2.75) is 44.2 Å². The van der Waals surface area contributed by atoms with E-state index in [9.17, 15) is 15.3 Å². The van der Waals surface area contributed by atoms with Crippen LogP contribution in [0.15, 0.2) is 42.5 Å². The molecule has 4 unspecified atom stereocenters. The molecule has 0 amide bonds. The summed E-state index contributed by atoms with van der Waals surface area (Å²) in [7, 11) is 1.63. The van der Waals surface area contributed by atoms with E-state index < -0.39 is 24.4 Å². The van der Waals surface area contributed by atoms with Gasteiger partial charge in [0.25, 0.3) is 0 Å². The highest BCUT2D eigenvalue weighted by molar-refractivity contribution is 5.42. The fourth-order valence-corrected chi connectivity index (χ4v) is 3.39. The summed E-state index contributed by atoms with van der Waals surface area (Å²) < 4.78 is 11.3. The summed E-state index contributed by atoms with van der Waals surface area (Å²) in [4.78, 5) is 0. The minimum absolute atomic E-state index is 0.188. The molecule has 1 heterocycles. The largest absolute Gasteiger partial charge is 0.496 e. The van der Waals surface area contributed by atoms with E-state index >= 15 is 0 Å². The lowest BCUT2D eigenvalue weighted by atomic mass is 9.91. The first-order valence-electron chi connectivity index (χ1n) is 8.86. The molecule has 2 aromatic carbocycles. The van der Waals surface area contributed by atoms with E-state index in [1.807, 2.05) is 18.2 Å². The Kier molecular flexibility index (Phi) is 5.94. The molecule has 2 aromatic rings. The Bertz CT molecular complexity index is 728. The number of hydrogen-bond donors (Lipinski definition) is 3. The predicted octanol–water partition coefficient (Wildman–Crippen LogP) is 2.14. The highest BCUT2D eigenvalue weighted by Crippen LogP contribution is 2.34. The molecular formula is C21H26O5. The van der Waals surface area contributed by atoms with Gasteiger partial charge in [-0.15, -0.1) is 0 Å². The third-order valence-electron chi connectivity index (χ3n) is 4.90. The third kappa shape index (κ3) is 4.07. The van der Waals surface area contributed by atoms with E-state index in [1.165, 1.54) is 5.56 Å². The molecule has 5 heteroatoms. The number of aliphatic hydroxyl groups is 3. The van der Waals surface area contributed by atoms with Gasteiger partial charge in [0.05, 0.1) is 25.9 Å². The molecule has 140 valence electrons. The van der Waals surface area contributed by atoms with Gasteiger partial charge in [0.2, 0.25) is 0 Å². The highest BCUT2D eigenvalue weighted by Gasteiger charge is 2.37. The first kappa shape index (κ1) is 18.9. The molecule has 5 nitrogen and oxygen atoms in total. The zero-order chi connectivity index (χ0) is 18.7. The van der Waals surface area contributed by atoms with Crippen molar-refractivity contribution in [3.8, 4) is 5.75 Å². The molecular weight excluding hydrogens is 332 g/mol. The van der Waals surface area contributed by atoms with Crippen LogP contribution in [-0.2, 0) is 11.2 Å². The second kappa shape index (κ2) is 8.18. The van der Waals surface area contributed by atoms with E-state index in [4.69, 9.17) is 9.47 Å². The van der Waals surface area contributed by atoms with Crippen LogP contribution >= 0.6 is 0 Å². The van der Waals surface area contributed by atoms with Crippen LogP contribution in [0.2, 0.25) is 0 Å². The topological polar surface area (TPSA) is 79.2 Å². The van der Waals surface area contributed by atoms with Crippen LogP contribution in [0.4, 0.5) is 0 Å². The summed E-state index contributed by atoms with van der Waals surface area (Å²) in [6.07, 6.45) is -2.21. The minimum Gasteiger partial charge on any atom is -0.496 e. The summed E-state index contributed by atoms with van der Waals surface area (Å²) in [6.45, 7) is 1.86. The molecule has 0 aromatic heterocycles. The maximum Gasteiger partial charge on any atom is 0.122 e. The van der Waals surface area contributed by atoms with Crippen LogP contribution in [0.25, 0.3) is 0 Å². The molecule has 0 bridgehead atoms. The van der Waals surface area contributed by atoms with Gasteiger partial charge < -0.3 is 24.8 Å². The first-order chi connectivity index (χ1) is 12.5. The maximum atomic E-state index is 10.4. The van der Waals surface area contributed by atoms with Gasteiger partial charge in [-0.3, -0.25) is 0 Å². The van der Waals surface area contributed by atoms with Gasteiger partial charge in [0.1, 0.15) is 18.0 Å². The van der Waals surface area contributed by atoms with Gasteiger partial charge in [-0.2, -0.15) is 0 Å². The number of benzene rings is 2. The molecule has 1 fully saturated rings. The van der Waals surface area contributed by atoms with Gasteiger partial charge in [-0.1, -0.05) is 35.9 Å². The molecule has 0 saturated carbocycles. The Morgan fingerprint density at radius 1 is 1.12 bits per heavy atom. The average molecular weight is 358 g/mol. The zero-order valence-corrected chi connectivity index (χ0v) is 15.1. The predicted molar refractivity (Wildman–Crippen MR) is 98.3 cm³/mol. The molecule has 3 rings (SSSR count). The van der Waals surface area contributed by atoms with Crippen molar-refractivity contribution in [3.05, 3.63) is 64.7 Å². The van der Waals surface area contributed by atoms with Crippen LogP contribution in [0.5, 0.6) is 5.75 Å². The smallest absolute Gasteiger partial charge is 0.122 e. The van der Waals surface area contributed by atoms with Crippen molar-refractivity contribution in [2.24, 2.45) is 0 Å². The van der Waals surface area contributed by atoms with Crippen molar-refractivity contribution in [1.29, 1.82) is 0 Å². The Morgan fingerprint density at radius 2 is 1.85 bits per heavy atom. The lowest BCUT2D eigenvalue weighted by Crippen LogP contribution is -2.44. The van der Waals surface area contributed by atoms with Crippen molar-refractivity contribution in [3.63, 3.8) is 0 Å². The van der Waals surface area contributed by atoms with E-state index in [0.717, 1.165) is 22.4 Å². The Morgan fingerprint density at radius 3 is 2.50 bits per heavy atom. The fourth-order valence-electron chi connectivity index (χ4n) is 3.39. The first-order valence-corrected chi connectivity index (χ1v) is 8.86. The Hall–Kier alpha value is -1.92. The van der Waals surface area contributed by atoms with Gasteiger partial charge in [-0.05, 0) is 35.7 Å². The average Bonchev–Trinajstić information content (AvgIpc) is 2.65. The zero-order valence-electron chi connectivity index (χ0n) is 15.1. The molecule has 1 aliphatic heterocycles. The van der Waals surface area contributed by atoms with Gasteiger partial charge in [0.15, 0.2) is 0 Å². The van der Waals surface area contributed by atoms with Crippen molar-refractivity contribution in [2.75, 3.05) is 13.7 Å². The molecule has 0 radical (unpaired) electrons. The van der Waals surface area contributed by atoms with Gasteiger partial charge >= 0.3 is 0 Å². The monoisotopic (exact) mass is 358 g/mol. The van der Waals surface area contributed by atoms with Crippen LogP contribution < -0.4 is 4.74 Å². The summed E-state index contributed by atoms with van der Waals surface area (Å²) in [6, 6.07) is 13.9. The molecule has 4 atom stereocenters. The van der Waals surface area contributed by atoms with E-state index in [-0.39, 0.29) is 13.0 Å². The number of aryl methyl sites for hydroxylation is 1. The highest BCUT2D eigenvalue weighted by atomic mass is 16.5. The van der Waals surface area contributed by atoms with E-state index in [1.54, 1.807) is 7.11 Å². The Balaban J connectivity index is 1.89. The Labute approximate surface area is 153 Å². The fraction of sp³-hybridized carbons (Fsp3) is 0.429. The number of aliphatic hydroxyl groups excluding tert-OH is 3. The van der Waals surface area contributed by atoms with Crippen LogP contribution in [0.3, 0.4) is 0 Å². The lowest BCUT2D eigenvalue weighted by Gasteiger charge is -2.37. The minimum atomic E-state index is -1.03. The number of methoxy groups -OCH3 is 1. The second-order valence-electron chi connectivity index (χ2n) is 6.89. The van der Waals surface area contributed by atoms with Crippen molar-refractivity contribution >= 4 is 0 Å². The third-order valence-corrected chi connectivity index (χ3v) is 4.90. The standard InChI is InChI=1S/C21H26O5/c1-13-3-5-14(6-4-13)9-16-10-15(7-8-19(16)25-2)21-20(24)18(23)11-17(12-22)26-21/h3-8,10,17-18,20-24H,9,11-12H2,1-2H3. The summed E-state index contributed by atoms with van der Waals surface area (Å²) in [5.41, 5.74) is 4.10. The van der Waals surface area contributed by atoms with Crippen molar-refractivity contribution in [1.82, 2.24) is 0 Å². The molecule has 0 spiro atoms. The molecule has 1 aliphatic rings. The van der Waals surface area contributed by atoms with Gasteiger partial charge in [-0.25, -0.2) is 0 Å². The second-order valence-corrected chi connectivity index (χ2v) is 6.89. The molecule has 0 aliphatic carbocycles. The van der Waals surface area contributed by atoms with Crippen molar-refractivity contribution < 1.29 is 24.8 Å². The molecule has 3 N–H and O–H groups in total. The van der Waals surface area contributed by atoms with E-state index in [2.05, 4.69) is 31.2 Å². The summed E-state index contributed by atoms with van der Waals surface area (Å²) >= 11 is 0. The van der Waals surface area contributed by atoms with E-state index in [0.29, 0.717) is 6.42 Å². The van der Waals surface area contributed by atoms with Gasteiger partial charge in [0, 0.05) is 12.8 Å². The number of hydrogen-bond acceptors (Lipinski definition) is 5. The number of rotatable bonds is 5. The van der Waals surface area contributed by atoms with Crippen LogP contribution in [-0.4, -0.2) is 47.3 Å². The normalized spacial score (nSPS) is 25.9. The number of ether oxygens (including phenoxy) is 2. The summed E-state index contributed by atoms with van der Waals surface area (Å²) in [5.74, 6) is 0.763. The quantitative estimate of drug-likeness (QED) is 0.763. The maximum absolute atomic E-state index is 10.4. The molecule has 26 heavy (non-hydrogen) atoms. The lowest BCUT2D eigenvalue weighted by molar-refractivity contribution is -0.179. The van der Waals surface area contributed by atoms with Crippen LogP contribution in [0, 0.1) is 6.92 Å².